The molecular formula is C72H90N8O8. The van der Waals surface area contributed by atoms with Gasteiger partial charge in [0, 0.05) is 43.8 Å². The quantitative estimate of drug-likeness (QED) is 0.0212. The summed E-state index contributed by atoms with van der Waals surface area (Å²) in [4.78, 5) is 93.1. The van der Waals surface area contributed by atoms with Crippen molar-refractivity contribution in [2.24, 2.45) is 0 Å². The van der Waals surface area contributed by atoms with Gasteiger partial charge in [-0.1, -0.05) is 182 Å². The van der Waals surface area contributed by atoms with E-state index in [0.29, 0.717) is 115 Å². The summed E-state index contributed by atoms with van der Waals surface area (Å²) in [5.74, 6) is -0.715. The van der Waals surface area contributed by atoms with Crippen LogP contribution in [-0.2, 0) is 18.9 Å². The van der Waals surface area contributed by atoms with Gasteiger partial charge in [-0.15, -0.1) is 0 Å². The summed E-state index contributed by atoms with van der Waals surface area (Å²) in [5, 5.41) is 2.40. The first-order valence-corrected chi connectivity index (χ1v) is 33.3. The number of carbonyl (C=O) groups excluding carboxylic acids is 4. The van der Waals surface area contributed by atoms with Crippen molar-refractivity contribution in [1.82, 2.24) is 39.9 Å². The molecular weight excluding hydrogens is 1100 g/mol. The maximum Gasteiger partial charge on any atom is 0.338 e. The van der Waals surface area contributed by atoms with Gasteiger partial charge in [-0.3, -0.25) is 0 Å². The molecule has 2 aliphatic rings. The van der Waals surface area contributed by atoms with Crippen molar-refractivity contribution in [2.45, 2.75) is 207 Å². The zero-order valence-electron chi connectivity index (χ0n) is 52.5. The Morgan fingerprint density at radius 3 is 0.841 bits per heavy atom. The molecule has 0 fully saturated rings. The summed E-state index contributed by atoms with van der Waals surface area (Å²) in [6.45, 7) is 10.1. The molecule has 466 valence electrons. The number of benzene rings is 4. The Hall–Kier alpha value is -7.88. The number of hydrogen-bond donors (Lipinski definition) is 2. The van der Waals surface area contributed by atoms with Crippen LogP contribution in [-0.4, -0.2) is 90.2 Å². The largest absolute Gasteiger partial charge is 0.462 e. The van der Waals surface area contributed by atoms with Crippen molar-refractivity contribution < 1.29 is 38.1 Å². The van der Waals surface area contributed by atoms with Gasteiger partial charge in [0.1, 0.15) is 22.6 Å². The fraction of sp³-hybridized carbons (Fsp3) is 0.500. The molecule has 16 nitrogen and oxygen atoms in total. The Bertz CT molecular complexity index is 3440. The average Bonchev–Trinajstić information content (AvgIpc) is 2.11. The summed E-state index contributed by atoms with van der Waals surface area (Å²) < 4.78 is 23.4. The zero-order chi connectivity index (χ0) is 61.5. The Balaban J connectivity index is 1.15. The number of esters is 4. The fourth-order valence-electron chi connectivity index (χ4n) is 11.5. The van der Waals surface area contributed by atoms with E-state index in [4.69, 9.17) is 48.9 Å². The maximum atomic E-state index is 13.8. The molecule has 0 atom stereocenters. The normalized spacial score (nSPS) is 11.7. The van der Waals surface area contributed by atoms with Crippen LogP contribution in [0.1, 0.15) is 249 Å². The standard InChI is InChI=1S/C72H90N8O8/c1-5-9-13-17-21-25-29-41-85-69(81)49-33-37-53-57(45-49)65-73-61(53)78-66-59-47-51(71(83)87-43-31-27-23-19-15-11-7-3)35-39-55(59)63(75-66)80-68-60-48-52(72(84)88-44-32-28-24-20-16-12-8-4)36-40-56(60)64(76-68)79-67-58-46-50(34-38-54(58)62(74-67)77-65)70(82)86-42-30-26-22-18-14-10-6-2/h33-40,45-48H,5-32,41-44H2,1-4H3,(H2,73,74,75,76,77,78,79,80). The van der Waals surface area contributed by atoms with Crippen molar-refractivity contribution in [3.8, 4) is 45.6 Å². The van der Waals surface area contributed by atoms with Crippen molar-refractivity contribution in [1.29, 1.82) is 0 Å². The fourth-order valence-corrected chi connectivity index (χ4v) is 11.5. The number of aromatic amines is 2. The number of nitrogens with one attached hydrogen (secondary N) is 2. The van der Waals surface area contributed by atoms with Crippen LogP contribution in [0.25, 0.3) is 89.7 Å². The first kappa shape index (κ1) is 64.6. The summed E-state index contributed by atoms with van der Waals surface area (Å²) in [7, 11) is 0. The molecule has 88 heavy (non-hydrogen) atoms. The molecule has 0 unspecified atom stereocenters. The Kier molecular flexibility index (Phi) is 24.6. The van der Waals surface area contributed by atoms with E-state index in [0.717, 1.165) is 77.0 Å². The first-order chi connectivity index (χ1) is 43.2. The SMILES string of the molecule is CCCCCCCCCOC(=O)c1ccc2c(c1)-c1nc-2nc2[nH]c(nc3nc(nc4[nH]c(n1)c1ccc(C(=O)OCCCCCCCCC)cc41)-c1ccc(C(=O)OCCCCCCCCC)cc1-3)c1ccc(C(=O)OCCCCCCCCC)cc21. The molecule has 2 aliphatic heterocycles. The van der Waals surface area contributed by atoms with E-state index in [9.17, 15) is 19.2 Å². The molecule has 0 amide bonds. The number of ether oxygens (including phenoxy) is 4. The average molecular weight is 1200 g/mol. The van der Waals surface area contributed by atoms with Crippen LogP contribution in [0, 0.1) is 0 Å². The smallest absolute Gasteiger partial charge is 0.338 e. The van der Waals surface area contributed by atoms with Crippen molar-refractivity contribution in [3.63, 3.8) is 0 Å². The van der Waals surface area contributed by atoms with Gasteiger partial charge in [0.2, 0.25) is 0 Å². The molecule has 3 aromatic heterocycles. The molecule has 0 saturated carbocycles. The monoisotopic (exact) mass is 1190 g/mol. The third-order valence-electron chi connectivity index (χ3n) is 16.7. The zero-order valence-corrected chi connectivity index (χ0v) is 52.5. The van der Waals surface area contributed by atoms with Gasteiger partial charge in [0.05, 0.1) is 48.7 Å². The minimum absolute atomic E-state index is 0.261. The third kappa shape index (κ3) is 17.2. The molecule has 8 bridgehead atoms. The minimum atomic E-state index is -0.455. The van der Waals surface area contributed by atoms with Crippen molar-refractivity contribution in [3.05, 3.63) is 95.1 Å². The van der Waals surface area contributed by atoms with Crippen LogP contribution in [0.3, 0.4) is 0 Å². The van der Waals surface area contributed by atoms with Crippen LogP contribution in [0.2, 0.25) is 0 Å². The van der Waals surface area contributed by atoms with E-state index in [1.165, 1.54) is 103 Å². The Morgan fingerprint density at radius 1 is 0.284 bits per heavy atom. The lowest BCUT2D eigenvalue weighted by Crippen LogP contribution is -2.06. The maximum absolute atomic E-state index is 13.8. The lowest BCUT2D eigenvalue weighted by atomic mass is 10.0. The molecule has 0 radical (unpaired) electrons. The van der Waals surface area contributed by atoms with Crippen LogP contribution in [0.5, 0.6) is 0 Å². The van der Waals surface area contributed by atoms with Gasteiger partial charge >= 0.3 is 23.9 Å². The second-order valence-electron chi connectivity index (χ2n) is 23.7. The Morgan fingerprint density at radius 2 is 0.534 bits per heavy atom. The molecule has 4 aromatic carbocycles. The van der Waals surface area contributed by atoms with E-state index in [-0.39, 0.29) is 23.3 Å². The molecule has 16 heteroatoms. The number of fused-ring (bicyclic) bond motifs is 20. The first-order valence-electron chi connectivity index (χ1n) is 33.3. The molecule has 5 heterocycles. The lowest BCUT2D eigenvalue weighted by molar-refractivity contribution is 0.0488. The second-order valence-corrected chi connectivity index (χ2v) is 23.7. The van der Waals surface area contributed by atoms with Gasteiger partial charge in [0.25, 0.3) is 0 Å². The number of unbranched alkanes of at least 4 members (excludes halogenated alkanes) is 24. The van der Waals surface area contributed by atoms with Gasteiger partial charge in [0.15, 0.2) is 23.3 Å². The number of carbonyl (C=O) groups is 4. The number of aromatic nitrogens is 8. The summed E-state index contributed by atoms with van der Waals surface area (Å²) in [5.41, 5.74) is 5.09. The second kappa shape index (κ2) is 33.5. The topological polar surface area (TPSA) is 214 Å². The lowest BCUT2D eigenvalue weighted by Gasteiger charge is -2.07. The van der Waals surface area contributed by atoms with E-state index in [1.807, 2.05) is 12.1 Å². The van der Waals surface area contributed by atoms with Gasteiger partial charge in [-0.05, 0) is 98.5 Å². The highest BCUT2D eigenvalue weighted by Gasteiger charge is 2.26. The molecule has 0 saturated heterocycles. The molecule has 0 aliphatic carbocycles. The third-order valence-corrected chi connectivity index (χ3v) is 16.7. The van der Waals surface area contributed by atoms with Crippen LogP contribution in [0.4, 0.5) is 0 Å². The number of H-pyrrole nitrogens is 2. The number of nitrogens with zero attached hydrogens (tertiary/aromatic N) is 6. The number of hydrogen-bond acceptors (Lipinski definition) is 14. The predicted octanol–water partition coefficient (Wildman–Crippen LogP) is 18.5. The molecule has 2 N–H and O–H groups in total. The van der Waals surface area contributed by atoms with Crippen LogP contribution in [0.15, 0.2) is 72.8 Å². The van der Waals surface area contributed by atoms with E-state index < -0.39 is 23.9 Å². The summed E-state index contributed by atoms with van der Waals surface area (Å²) in [6.07, 6.45) is 30.6. The highest BCUT2D eigenvalue weighted by atomic mass is 16.5. The summed E-state index contributed by atoms with van der Waals surface area (Å²) in [6, 6.07) is 21.1. The van der Waals surface area contributed by atoms with Gasteiger partial charge < -0.3 is 28.9 Å². The van der Waals surface area contributed by atoms with Gasteiger partial charge in [-0.25, -0.2) is 49.1 Å². The molecule has 9 rings (SSSR count). The van der Waals surface area contributed by atoms with Crippen LogP contribution >= 0.6 is 0 Å². The molecule has 7 aromatic rings. The highest BCUT2D eigenvalue weighted by molar-refractivity contribution is 6.10. The number of rotatable bonds is 36. The predicted molar refractivity (Wildman–Crippen MR) is 349 cm³/mol. The van der Waals surface area contributed by atoms with Crippen molar-refractivity contribution in [2.75, 3.05) is 26.4 Å². The van der Waals surface area contributed by atoms with Crippen molar-refractivity contribution >= 4 is 68.0 Å². The van der Waals surface area contributed by atoms with E-state index in [2.05, 4.69) is 37.7 Å². The van der Waals surface area contributed by atoms with Gasteiger partial charge in [-0.2, -0.15) is 0 Å². The van der Waals surface area contributed by atoms with E-state index in [1.54, 1.807) is 60.7 Å². The molecule has 0 spiro atoms. The van der Waals surface area contributed by atoms with E-state index >= 15 is 0 Å². The highest BCUT2D eigenvalue weighted by Crippen LogP contribution is 2.39. The van der Waals surface area contributed by atoms with Crippen LogP contribution < -0.4 is 0 Å². The Labute approximate surface area is 518 Å². The summed E-state index contributed by atoms with van der Waals surface area (Å²) >= 11 is 0. The minimum Gasteiger partial charge on any atom is -0.462 e.